The molecular weight excluding hydrogens is 275 g/mol. The zero-order valence-corrected chi connectivity index (χ0v) is 11.6. The van der Waals surface area contributed by atoms with E-state index in [9.17, 15) is 9.59 Å². The van der Waals surface area contributed by atoms with Crippen molar-refractivity contribution in [3.63, 3.8) is 0 Å². The summed E-state index contributed by atoms with van der Waals surface area (Å²) in [5.41, 5.74) is 0.463. The predicted molar refractivity (Wildman–Crippen MR) is 72.9 cm³/mol. The van der Waals surface area contributed by atoms with Crippen LogP contribution < -0.4 is 10.6 Å². The summed E-state index contributed by atoms with van der Waals surface area (Å²) in [7, 11) is 0. The van der Waals surface area contributed by atoms with Gasteiger partial charge in [-0.3, -0.25) is 9.59 Å². The fourth-order valence-electron chi connectivity index (χ4n) is 1.16. The zero-order chi connectivity index (χ0) is 13.7. The summed E-state index contributed by atoms with van der Waals surface area (Å²) >= 11 is 11.6. The van der Waals surface area contributed by atoms with Crippen LogP contribution in [0.15, 0.2) is 18.2 Å². The molecule has 0 aliphatic carbocycles. The number of nitrogens with one attached hydrogen (secondary N) is 2. The van der Waals surface area contributed by atoms with Gasteiger partial charge in [0.15, 0.2) is 0 Å². The Morgan fingerprint density at radius 2 is 1.94 bits per heavy atom. The molecule has 0 saturated heterocycles. The molecule has 6 heteroatoms. The fourth-order valence-corrected chi connectivity index (χ4v) is 1.61. The summed E-state index contributed by atoms with van der Waals surface area (Å²) in [5.74, 6) is -0.669. The molecule has 2 amide bonds. The van der Waals surface area contributed by atoms with Gasteiger partial charge in [-0.2, -0.15) is 0 Å². The predicted octanol–water partition coefficient (Wildman–Crippen LogP) is 2.70. The van der Waals surface area contributed by atoms with Crippen molar-refractivity contribution in [2.45, 2.75) is 13.8 Å². The molecule has 0 unspecified atom stereocenters. The zero-order valence-electron chi connectivity index (χ0n) is 10.1. The number of rotatable bonds is 4. The Kier molecular flexibility index (Phi) is 5.44. The van der Waals surface area contributed by atoms with E-state index in [2.05, 4.69) is 10.6 Å². The molecule has 0 aromatic heterocycles. The smallest absolute Gasteiger partial charge is 0.243 e. The minimum atomic E-state index is -0.340. The highest BCUT2D eigenvalue weighted by Gasteiger charge is 2.10. The molecule has 0 bridgehead atoms. The first-order valence-corrected chi connectivity index (χ1v) is 6.18. The average molecular weight is 289 g/mol. The number of hydrogen-bond donors (Lipinski definition) is 2. The standard InChI is InChI=1S/C12H14Cl2N2O2/c1-7(2)12(18)15-6-11(17)16-10-4-3-8(13)5-9(10)14/h3-5,7H,6H2,1-2H3,(H,15,18)(H,16,17). The molecule has 2 N–H and O–H groups in total. The van der Waals surface area contributed by atoms with Gasteiger partial charge < -0.3 is 10.6 Å². The lowest BCUT2D eigenvalue weighted by atomic mass is 10.2. The SMILES string of the molecule is CC(C)C(=O)NCC(=O)Nc1ccc(Cl)cc1Cl. The van der Waals surface area contributed by atoms with E-state index in [1.54, 1.807) is 26.0 Å². The van der Waals surface area contributed by atoms with Gasteiger partial charge in [0.2, 0.25) is 11.8 Å². The maximum Gasteiger partial charge on any atom is 0.243 e. The maximum atomic E-state index is 11.6. The highest BCUT2D eigenvalue weighted by molar-refractivity contribution is 6.36. The van der Waals surface area contributed by atoms with E-state index in [1.165, 1.54) is 6.07 Å². The largest absolute Gasteiger partial charge is 0.347 e. The van der Waals surface area contributed by atoms with Crippen LogP contribution in [0.1, 0.15) is 13.8 Å². The first-order valence-electron chi connectivity index (χ1n) is 5.42. The summed E-state index contributed by atoms with van der Waals surface area (Å²) < 4.78 is 0. The van der Waals surface area contributed by atoms with Crippen molar-refractivity contribution >= 4 is 40.7 Å². The normalized spacial score (nSPS) is 10.3. The summed E-state index contributed by atoms with van der Waals surface area (Å²) in [4.78, 5) is 22.8. The van der Waals surface area contributed by atoms with E-state index < -0.39 is 0 Å². The first-order chi connectivity index (χ1) is 8.40. The van der Waals surface area contributed by atoms with Gasteiger partial charge in [-0.1, -0.05) is 37.0 Å². The van der Waals surface area contributed by atoms with Crippen LogP contribution in [0.2, 0.25) is 10.0 Å². The Morgan fingerprint density at radius 1 is 1.28 bits per heavy atom. The van der Waals surface area contributed by atoms with Crippen LogP contribution in [-0.2, 0) is 9.59 Å². The molecule has 1 aromatic rings. The van der Waals surface area contributed by atoms with Crippen LogP contribution >= 0.6 is 23.2 Å². The van der Waals surface area contributed by atoms with Crippen molar-refractivity contribution in [2.24, 2.45) is 5.92 Å². The van der Waals surface area contributed by atoms with Crippen molar-refractivity contribution in [1.82, 2.24) is 5.32 Å². The maximum absolute atomic E-state index is 11.6. The molecule has 0 aliphatic rings. The Hall–Kier alpha value is -1.26. The number of anilines is 1. The molecule has 0 aliphatic heterocycles. The number of halogens is 2. The average Bonchev–Trinajstić information content (AvgIpc) is 2.29. The van der Waals surface area contributed by atoms with Crippen LogP contribution in [-0.4, -0.2) is 18.4 Å². The first kappa shape index (κ1) is 14.8. The molecule has 1 aromatic carbocycles. The van der Waals surface area contributed by atoms with Gasteiger partial charge in [-0.05, 0) is 18.2 Å². The highest BCUT2D eigenvalue weighted by atomic mass is 35.5. The molecule has 0 radical (unpaired) electrons. The second-order valence-electron chi connectivity index (χ2n) is 4.04. The summed E-state index contributed by atoms with van der Waals surface area (Å²) in [6.45, 7) is 3.42. The Morgan fingerprint density at radius 3 is 2.50 bits per heavy atom. The topological polar surface area (TPSA) is 58.2 Å². The second kappa shape index (κ2) is 6.61. The molecule has 0 atom stereocenters. The summed E-state index contributed by atoms with van der Waals surface area (Å²) in [5, 5.41) is 5.94. The molecule has 0 fully saturated rings. The van der Waals surface area contributed by atoms with Gasteiger partial charge in [-0.25, -0.2) is 0 Å². The van der Waals surface area contributed by atoms with E-state index in [4.69, 9.17) is 23.2 Å². The Labute approximate surface area is 116 Å². The lowest BCUT2D eigenvalue weighted by Crippen LogP contribution is -2.35. The van der Waals surface area contributed by atoms with Crippen LogP contribution in [0.5, 0.6) is 0 Å². The minimum Gasteiger partial charge on any atom is -0.347 e. The van der Waals surface area contributed by atoms with Gasteiger partial charge in [-0.15, -0.1) is 0 Å². The molecule has 0 saturated carbocycles. The molecule has 1 rings (SSSR count). The third-order valence-corrected chi connectivity index (χ3v) is 2.70. The Balaban J connectivity index is 2.52. The summed E-state index contributed by atoms with van der Waals surface area (Å²) in [6.07, 6.45) is 0. The van der Waals surface area contributed by atoms with Crippen molar-refractivity contribution < 1.29 is 9.59 Å². The lowest BCUT2D eigenvalue weighted by Gasteiger charge is -2.09. The highest BCUT2D eigenvalue weighted by Crippen LogP contribution is 2.25. The quantitative estimate of drug-likeness (QED) is 0.895. The third kappa shape index (κ3) is 4.55. The van der Waals surface area contributed by atoms with Gasteiger partial charge in [0.25, 0.3) is 0 Å². The number of carbonyl (C=O) groups is 2. The molecule has 4 nitrogen and oxygen atoms in total. The second-order valence-corrected chi connectivity index (χ2v) is 4.89. The van der Waals surface area contributed by atoms with Gasteiger partial charge >= 0.3 is 0 Å². The van der Waals surface area contributed by atoms with E-state index >= 15 is 0 Å². The van der Waals surface area contributed by atoms with E-state index in [-0.39, 0.29) is 24.3 Å². The Bertz CT molecular complexity index is 461. The molecule has 0 spiro atoms. The number of amides is 2. The number of benzene rings is 1. The molecule has 0 heterocycles. The molecular formula is C12H14Cl2N2O2. The van der Waals surface area contributed by atoms with Crippen molar-refractivity contribution in [3.8, 4) is 0 Å². The van der Waals surface area contributed by atoms with Crippen molar-refractivity contribution in [3.05, 3.63) is 28.2 Å². The third-order valence-electron chi connectivity index (χ3n) is 2.15. The van der Waals surface area contributed by atoms with Gasteiger partial charge in [0.05, 0.1) is 17.3 Å². The lowest BCUT2D eigenvalue weighted by molar-refractivity contribution is -0.126. The number of carbonyl (C=O) groups excluding carboxylic acids is 2. The van der Waals surface area contributed by atoms with Crippen LogP contribution in [0.25, 0.3) is 0 Å². The van der Waals surface area contributed by atoms with E-state index in [1.807, 2.05) is 0 Å². The van der Waals surface area contributed by atoms with Crippen molar-refractivity contribution in [1.29, 1.82) is 0 Å². The fraction of sp³-hybridized carbons (Fsp3) is 0.333. The molecule has 18 heavy (non-hydrogen) atoms. The van der Waals surface area contributed by atoms with Crippen LogP contribution in [0.3, 0.4) is 0 Å². The monoisotopic (exact) mass is 288 g/mol. The van der Waals surface area contributed by atoms with Crippen molar-refractivity contribution in [2.75, 3.05) is 11.9 Å². The van der Waals surface area contributed by atoms with Gasteiger partial charge in [0, 0.05) is 10.9 Å². The van der Waals surface area contributed by atoms with Crippen LogP contribution in [0, 0.1) is 5.92 Å². The summed E-state index contributed by atoms with van der Waals surface area (Å²) in [6, 6.07) is 4.76. The van der Waals surface area contributed by atoms with E-state index in [0.717, 1.165) is 0 Å². The van der Waals surface area contributed by atoms with E-state index in [0.29, 0.717) is 15.7 Å². The number of hydrogen-bond acceptors (Lipinski definition) is 2. The molecule has 98 valence electrons. The minimum absolute atomic E-state index is 0.0873. The van der Waals surface area contributed by atoms with Gasteiger partial charge in [0.1, 0.15) is 0 Å². The van der Waals surface area contributed by atoms with Crippen LogP contribution in [0.4, 0.5) is 5.69 Å².